The van der Waals surface area contributed by atoms with E-state index >= 15 is 0 Å². The second kappa shape index (κ2) is 5.95. The van der Waals surface area contributed by atoms with Gasteiger partial charge in [-0.1, -0.05) is 6.92 Å². The molecule has 1 aliphatic carbocycles. The molecule has 22 heavy (non-hydrogen) atoms. The average molecular weight is 320 g/mol. The second-order valence-corrected chi connectivity index (χ2v) is 7.80. The van der Waals surface area contributed by atoms with Crippen molar-refractivity contribution in [3.05, 3.63) is 21.9 Å². The first kappa shape index (κ1) is 14.7. The minimum atomic E-state index is 0.263. The largest absolute Gasteiger partial charge is 0.379 e. The van der Waals surface area contributed by atoms with Gasteiger partial charge in [0, 0.05) is 32.2 Å². The molecule has 4 rings (SSSR count). The van der Waals surface area contributed by atoms with Crippen molar-refractivity contribution in [3.8, 4) is 0 Å². The summed E-state index contributed by atoms with van der Waals surface area (Å²) in [6.07, 6.45) is 2.51. The molecule has 1 saturated carbocycles. The molecule has 0 aromatic carbocycles. The van der Waals surface area contributed by atoms with Crippen LogP contribution < -0.4 is 0 Å². The van der Waals surface area contributed by atoms with Gasteiger partial charge in [-0.15, -0.1) is 11.3 Å². The molecule has 2 saturated heterocycles. The first-order valence-electron chi connectivity index (χ1n) is 8.42. The summed E-state index contributed by atoms with van der Waals surface area (Å²) < 4.78 is 5.46. The Morgan fingerprint density at radius 3 is 2.77 bits per heavy atom. The van der Waals surface area contributed by atoms with E-state index in [-0.39, 0.29) is 5.91 Å². The van der Waals surface area contributed by atoms with Crippen LogP contribution in [0.3, 0.4) is 0 Å². The number of thiophene rings is 1. The van der Waals surface area contributed by atoms with Crippen LogP contribution in [0.1, 0.15) is 40.9 Å². The van der Waals surface area contributed by atoms with Crippen molar-refractivity contribution >= 4 is 17.2 Å². The molecule has 2 atom stereocenters. The normalized spacial score (nSPS) is 30.0. The lowest BCUT2D eigenvalue weighted by molar-refractivity contribution is 0.0119. The lowest BCUT2D eigenvalue weighted by Crippen LogP contribution is -2.47. The minimum absolute atomic E-state index is 0.263. The van der Waals surface area contributed by atoms with Crippen molar-refractivity contribution in [1.82, 2.24) is 9.80 Å². The number of likely N-dealkylation sites (tertiary alicyclic amines) is 1. The fraction of sp³-hybridized carbons (Fsp3) is 0.706. The van der Waals surface area contributed by atoms with E-state index in [9.17, 15) is 4.79 Å². The second-order valence-electron chi connectivity index (χ2n) is 6.88. The third-order valence-corrected chi connectivity index (χ3v) is 6.20. The maximum atomic E-state index is 12.9. The van der Waals surface area contributed by atoms with E-state index in [1.807, 2.05) is 0 Å². The molecule has 0 bridgehead atoms. The molecule has 4 nitrogen and oxygen atoms in total. The van der Waals surface area contributed by atoms with Crippen molar-refractivity contribution in [2.75, 3.05) is 39.4 Å². The van der Waals surface area contributed by atoms with Gasteiger partial charge in [0.05, 0.1) is 18.1 Å². The summed E-state index contributed by atoms with van der Waals surface area (Å²) in [4.78, 5) is 18.5. The van der Waals surface area contributed by atoms with E-state index in [1.54, 1.807) is 11.3 Å². The number of carbonyl (C=O) groups excluding carboxylic acids is 1. The van der Waals surface area contributed by atoms with Gasteiger partial charge in [0.25, 0.3) is 5.91 Å². The standard InChI is InChI=1S/C17H24N2O2S/c1-12-10-19(11-15(12)18-5-7-21-8-6-18)17(20)16-14(4-9-22-16)13-2-3-13/h4,9,12-13,15H,2-3,5-8,10-11H2,1H3/t12-,15-/m1/s1. The highest BCUT2D eigenvalue weighted by atomic mass is 32.1. The van der Waals surface area contributed by atoms with Crippen molar-refractivity contribution in [1.29, 1.82) is 0 Å². The summed E-state index contributed by atoms with van der Waals surface area (Å²) in [5.41, 5.74) is 1.30. The topological polar surface area (TPSA) is 32.8 Å². The van der Waals surface area contributed by atoms with Gasteiger partial charge in [0.15, 0.2) is 0 Å². The Balaban J connectivity index is 1.46. The maximum absolute atomic E-state index is 12.9. The van der Waals surface area contributed by atoms with Gasteiger partial charge in [0.2, 0.25) is 0 Å². The third-order valence-electron chi connectivity index (χ3n) is 5.28. The minimum Gasteiger partial charge on any atom is -0.379 e. The predicted octanol–water partition coefficient (Wildman–Crippen LogP) is 2.42. The van der Waals surface area contributed by atoms with Crippen molar-refractivity contribution < 1.29 is 9.53 Å². The smallest absolute Gasteiger partial charge is 0.264 e. The van der Waals surface area contributed by atoms with Crippen LogP contribution in [-0.2, 0) is 4.74 Å². The molecular weight excluding hydrogens is 296 g/mol. The zero-order valence-corrected chi connectivity index (χ0v) is 14.0. The molecule has 0 unspecified atom stereocenters. The zero-order valence-electron chi connectivity index (χ0n) is 13.2. The van der Waals surface area contributed by atoms with Crippen LogP contribution in [0.25, 0.3) is 0 Å². The number of rotatable bonds is 3. The Morgan fingerprint density at radius 1 is 1.27 bits per heavy atom. The van der Waals surface area contributed by atoms with Gasteiger partial charge >= 0.3 is 0 Å². The fourth-order valence-corrected chi connectivity index (χ4v) is 4.80. The highest BCUT2D eigenvalue weighted by molar-refractivity contribution is 7.12. The molecule has 0 N–H and O–H groups in total. The van der Waals surface area contributed by atoms with Crippen LogP contribution in [0, 0.1) is 5.92 Å². The van der Waals surface area contributed by atoms with Crippen molar-refractivity contribution in [3.63, 3.8) is 0 Å². The SMILES string of the molecule is C[C@@H]1CN(C(=O)c2sccc2C2CC2)C[C@H]1N1CCOCC1. The van der Waals surface area contributed by atoms with E-state index in [2.05, 4.69) is 28.2 Å². The molecule has 1 amide bonds. The fourth-order valence-electron chi connectivity index (χ4n) is 3.85. The van der Waals surface area contributed by atoms with E-state index in [1.165, 1.54) is 18.4 Å². The molecule has 0 radical (unpaired) electrons. The van der Waals surface area contributed by atoms with Gasteiger partial charge in [-0.05, 0) is 41.7 Å². The number of carbonyl (C=O) groups is 1. The first-order chi connectivity index (χ1) is 10.7. The summed E-state index contributed by atoms with van der Waals surface area (Å²) in [5.74, 6) is 1.46. The predicted molar refractivity (Wildman–Crippen MR) is 87.5 cm³/mol. The van der Waals surface area contributed by atoms with E-state index in [0.717, 1.165) is 44.3 Å². The van der Waals surface area contributed by atoms with Crippen LogP contribution in [0.4, 0.5) is 0 Å². The van der Waals surface area contributed by atoms with Crippen LogP contribution in [0.5, 0.6) is 0 Å². The average Bonchev–Trinajstić information content (AvgIpc) is 3.14. The molecule has 5 heteroatoms. The van der Waals surface area contributed by atoms with E-state index in [0.29, 0.717) is 17.9 Å². The van der Waals surface area contributed by atoms with Gasteiger partial charge < -0.3 is 9.64 Å². The maximum Gasteiger partial charge on any atom is 0.264 e. The lowest BCUT2D eigenvalue weighted by atomic mass is 10.0. The van der Waals surface area contributed by atoms with Crippen LogP contribution >= 0.6 is 11.3 Å². The van der Waals surface area contributed by atoms with Crippen molar-refractivity contribution in [2.45, 2.75) is 31.7 Å². The highest BCUT2D eigenvalue weighted by Crippen LogP contribution is 2.43. The van der Waals surface area contributed by atoms with Gasteiger partial charge in [-0.3, -0.25) is 9.69 Å². The Kier molecular flexibility index (Phi) is 3.96. The Hall–Kier alpha value is -0.910. The number of amides is 1. The van der Waals surface area contributed by atoms with Gasteiger partial charge in [0.1, 0.15) is 0 Å². The molecule has 3 aliphatic rings. The summed E-state index contributed by atoms with van der Waals surface area (Å²) in [6, 6.07) is 2.66. The molecular formula is C17H24N2O2S. The Morgan fingerprint density at radius 2 is 2.05 bits per heavy atom. The monoisotopic (exact) mass is 320 g/mol. The first-order valence-corrected chi connectivity index (χ1v) is 9.30. The summed E-state index contributed by atoms with van der Waals surface area (Å²) >= 11 is 1.63. The van der Waals surface area contributed by atoms with Crippen LogP contribution in [0.15, 0.2) is 11.4 Å². The van der Waals surface area contributed by atoms with Crippen LogP contribution in [0.2, 0.25) is 0 Å². The molecule has 2 aliphatic heterocycles. The summed E-state index contributed by atoms with van der Waals surface area (Å²) in [5, 5.41) is 2.08. The van der Waals surface area contributed by atoms with Gasteiger partial charge in [-0.2, -0.15) is 0 Å². The highest BCUT2D eigenvalue weighted by Gasteiger charge is 2.38. The number of nitrogens with zero attached hydrogens (tertiary/aromatic N) is 2. The number of hydrogen-bond donors (Lipinski definition) is 0. The molecule has 0 spiro atoms. The van der Waals surface area contributed by atoms with Crippen LogP contribution in [-0.4, -0.2) is 61.1 Å². The quantitative estimate of drug-likeness (QED) is 0.857. The molecule has 3 fully saturated rings. The van der Waals surface area contributed by atoms with E-state index in [4.69, 9.17) is 4.74 Å². The van der Waals surface area contributed by atoms with E-state index < -0.39 is 0 Å². The number of hydrogen-bond acceptors (Lipinski definition) is 4. The molecule has 1 aromatic rings. The molecule has 1 aromatic heterocycles. The Bertz CT molecular complexity index is 549. The summed E-state index contributed by atoms with van der Waals surface area (Å²) in [7, 11) is 0. The lowest BCUT2D eigenvalue weighted by Gasteiger charge is -2.33. The molecule has 3 heterocycles. The van der Waals surface area contributed by atoms with Crippen molar-refractivity contribution in [2.24, 2.45) is 5.92 Å². The zero-order chi connectivity index (χ0) is 15.1. The number of morpholine rings is 1. The number of ether oxygens (including phenoxy) is 1. The summed E-state index contributed by atoms with van der Waals surface area (Å²) in [6.45, 7) is 7.71. The Labute approximate surface area is 136 Å². The third kappa shape index (κ3) is 2.70. The van der Waals surface area contributed by atoms with Gasteiger partial charge in [-0.25, -0.2) is 0 Å². The molecule has 120 valence electrons.